The number of fused-ring (bicyclic) bond motifs is 1. The molecule has 0 saturated heterocycles. The number of rotatable bonds is 5. The number of nitrogens with one attached hydrogen (secondary N) is 1. The third kappa shape index (κ3) is 2.78. The first-order valence-corrected chi connectivity index (χ1v) is 9.61. The summed E-state index contributed by atoms with van der Waals surface area (Å²) in [5.74, 6) is 0.0607. The molecule has 1 aliphatic carbocycles. The zero-order valence-corrected chi connectivity index (χ0v) is 16.0. The van der Waals surface area contributed by atoms with Gasteiger partial charge in [-0.1, -0.05) is 48.5 Å². The number of carbonyl (C=O) groups is 1. The predicted octanol–water partition coefficient (Wildman–Crippen LogP) is 5.32. The van der Waals surface area contributed by atoms with Gasteiger partial charge in [0.1, 0.15) is 0 Å². The molecule has 1 saturated carbocycles. The van der Waals surface area contributed by atoms with Gasteiger partial charge in [0, 0.05) is 24.2 Å². The van der Waals surface area contributed by atoms with E-state index in [9.17, 15) is 9.90 Å². The van der Waals surface area contributed by atoms with Crippen molar-refractivity contribution >= 4 is 22.6 Å². The van der Waals surface area contributed by atoms with Crippen LogP contribution in [0.3, 0.4) is 0 Å². The zero-order valence-electron chi connectivity index (χ0n) is 16.0. The second-order valence-corrected chi connectivity index (χ2v) is 7.47. The van der Waals surface area contributed by atoms with Crippen LogP contribution in [0.25, 0.3) is 33.4 Å². The summed E-state index contributed by atoms with van der Waals surface area (Å²) in [6, 6.07) is 18.0. The molecule has 0 spiro atoms. The van der Waals surface area contributed by atoms with Gasteiger partial charge in [0.05, 0.1) is 17.3 Å². The van der Waals surface area contributed by atoms with E-state index in [-0.39, 0.29) is 0 Å². The SMILES string of the molecule is CNc1c(-c2ccc(-c3ccc(C4(C(=O)O)CC4)cc3)cc2)oc2cnccc12. The van der Waals surface area contributed by atoms with Crippen molar-refractivity contribution in [1.29, 1.82) is 0 Å². The lowest BCUT2D eigenvalue weighted by atomic mass is 9.93. The van der Waals surface area contributed by atoms with Gasteiger partial charge in [-0.2, -0.15) is 0 Å². The Balaban J connectivity index is 1.46. The molecule has 0 unspecified atom stereocenters. The van der Waals surface area contributed by atoms with E-state index in [1.54, 1.807) is 12.4 Å². The Morgan fingerprint density at radius 1 is 1.00 bits per heavy atom. The Kier molecular flexibility index (Phi) is 3.91. The molecule has 0 aliphatic heterocycles. The van der Waals surface area contributed by atoms with E-state index in [4.69, 9.17) is 4.42 Å². The van der Waals surface area contributed by atoms with Gasteiger partial charge in [0.25, 0.3) is 0 Å². The Morgan fingerprint density at radius 3 is 2.21 bits per heavy atom. The van der Waals surface area contributed by atoms with Crippen LogP contribution in [-0.2, 0) is 10.2 Å². The monoisotopic (exact) mass is 384 g/mol. The molecule has 5 nitrogen and oxygen atoms in total. The Bertz CT molecular complexity index is 1200. The van der Waals surface area contributed by atoms with E-state index in [0.29, 0.717) is 0 Å². The van der Waals surface area contributed by atoms with Gasteiger partial charge in [0.2, 0.25) is 0 Å². The van der Waals surface area contributed by atoms with Crippen molar-refractivity contribution in [3.8, 4) is 22.5 Å². The van der Waals surface area contributed by atoms with Crippen molar-refractivity contribution < 1.29 is 14.3 Å². The summed E-state index contributed by atoms with van der Waals surface area (Å²) < 4.78 is 6.02. The quantitative estimate of drug-likeness (QED) is 0.487. The van der Waals surface area contributed by atoms with Crippen LogP contribution in [0.5, 0.6) is 0 Å². The molecule has 1 fully saturated rings. The second kappa shape index (κ2) is 6.48. The van der Waals surface area contributed by atoms with E-state index in [0.717, 1.165) is 57.5 Å². The van der Waals surface area contributed by atoms with Crippen LogP contribution in [0.15, 0.2) is 71.4 Å². The number of hydrogen-bond acceptors (Lipinski definition) is 4. The smallest absolute Gasteiger partial charge is 0.314 e. The highest BCUT2D eigenvalue weighted by Gasteiger charge is 2.51. The van der Waals surface area contributed by atoms with Gasteiger partial charge in [-0.05, 0) is 35.6 Å². The number of benzene rings is 2. The first-order chi connectivity index (χ1) is 14.1. The summed E-state index contributed by atoms with van der Waals surface area (Å²) >= 11 is 0. The molecule has 144 valence electrons. The molecule has 5 heteroatoms. The molecule has 0 radical (unpaired) electrons. The normalized spacial score (nSPS) is 14.7. The highest BCUT2D eigenvalue weighted by atomic mass is 16.4. The molecule has 0 atom stereocenters. The van der Waals surface area contributed by atoms with Crippen LogP contribution in [0, 0.1) is 0 Å². The minimum atomic E-state index is -0.726. The molecule has 4 aromatic rings. The van der Waals surface area contributed by atoms with Crippen LogP contribution in [0.1, 0.15) is 18.4 Å². The molecule has 5 rings (SSSR count). The number of aromatic nitrogens is 1. The van der Waals surface area contributed by atoms with Crippen molar-refractivity contribution in [2.75, 3.05) is 12.4 Å². The number of nitrogens with zero attached hydrogens (tertiary/aromatic N) is 1. The second-order valence-electron chi connectivity index (χ2n) is 7.47. The van der Waals surface area contributed by atoms with Crippen molar-refractivity contribution in [2.45, 2.75) is 18.3 Å². The number of carboxylic acids is 1. The number of furan rings is 1. The van der Waals surface area contributed by atoms with Gasteiger partial charge >= 0.3 is 5.97 Å². The summed E-state index contributed by atoms with van der Waals surface area (Å²) in [6.45, 7) is 0. The van der Waals surface area contributed by atoms with E-state index in [1.165, 1.54) is 0 Å². The summed E-state index contributed by atoms with van der Waals surface area (Å²) in [7, 11) is 1.88. The van der Waals surface area contributed by atoms with Crippen LogP contribution < -0.4 is 5.32 Å². The number of anilines is 1. The van der Waals surface area contributed by atoms with Crippen LogP contribution >= 0.6 is 0 Å². The van der Waals surface area contributed by atoms with E-state index < -0.39 is 11.4 Å². The Labute approximate surface area is 168 Å². The fourth-order valence-electron chi connectivity index (χ4n) is 3.95. The summed E-state index contributed by atoms with van der Waals surface area (Å²) in [5, 5.41) is 13.7. The molecule has 0 bridgehead atoms. The average molecular weight is 384 g/mol. The van der Waals surface area contributed by atoms with Gasteiger partial charge in [-0.15, -0.1) is 0 Å². The van der Waals surface area contributed by atoms with Gasteiger partial charge in [0.15, 0.2) is 11.3 Å². The van der Waals surface area contributed by atoms with Gasteiger partial charge in [-0.25, -0.2) is 0 Å². The van der Waals surface area contributed by atoms with Crippen molar-refractivity contribution in [3.05, 3.63) is 72.6 Å². The highest BCUT2D eigenvalue weighted by Crippen LogP contribution is 2.48. The summed E-state index contributed by atoms with van der Waals surface area (Å²) in [4.78, 5) is 15.6. The minimum absolute atomic E-state index is 0.665. The number of hydrogen-bond donors (Lipinski definition) is 2. The van der Waals surface area contributed by atoms with E-state index in [1.807, 2.05) is 49.5 Å². The van der Waals surface area contributed by atoms with Crippen molar-refractivity contribution in [2.24, 2.45) is 0 Å². The fraction of sp³-hybridized carbons (Fsp3) is 0.167. The lowest BCUT2D eigenvalue weighted by molar-refractivity contribution is -0.140. The van der Waals surface area contributed by atoms with E-state index in [2.05, 4.69) is 22.4 Å². The molecule has 0 amide bonds. The topological polar surface area (TPSA) is 75.4 Å². The van der Waals surface area contributed by atoms with Crippen molar-refractivity contribution in [3.63, 3.8) is 0 Å². The van der Waals surface area contributed by atoms with Gasteiger partial charge < -0.3 is 14.8 Å². The molecule has 1 aliphatic rings. The maximum Gasteiger partial charge on any atom is 0.314 e. The fourth-order valence-corrected chi connectivity index (χ4v) is 3.95. The van der Waals surface area contributed by atoms with Crippen molar-refractivity contribution in [1.82, 2.24) is 4.98 Å². The Morgan fingerprint density at radius 2 is 1.62 bits per heavy atom. The first-order valence-electron chi connectivity index (χ1n) is 9.61. The minimum Gasteiger partial charge on any atom is -0.481 e. The van der Waals surface area contributed by atoms with Crippen LogP contribution in [-0.4, -0.2) is 23.1 Å². The molecular weight excluding hydrogens is 364 g/mol. The van der Waals surface area contributed by atoms with Gasteiger partial charge in [-0.3, -0.25) is 9.78 Å². The number of pyridine rings is 1. The molecule has 2 N–H and O–H groups in total. The highest BCUT2D eigenvalue weighted by molar-refractivity contribution is 5.98. The maximum atomic E-state index is 11.5. The predicted molar refractivity (Wildman–Crippen MR) is 113 cm³/mol. The number of carboxylic acid groups (broad SMARTS) is 1. The summed E-state index contributed by atoms with van der Waals surface area (Å²) in [5.41, 5.74) is 5.03. The molecule has 29 heavy (non-hydrogen) atoms. The lowest BCUT2D eigenvalue weighted by Gasteiger charge is -2.11. The van der Waals surface area contributed by atoms with Crippen LogP contribution in [0.4, 0.5) is 5.69 Å². The maximum absolute atomic E-state index is 11.5. The third-order valence-electron chi connectivity index (χ3n) is 5.82. The molecular formula is C24H20N2O3. The zero-order chi connectivity index (χ0) is 20.0. The first kappa shape index (κ1) is 17.5. The summed E-state index contributed by atoms with van der Waals surface area (Å²) in [6.07, 6.45) is 4.92. The number of aliphatic carboxylic acids is 1. The standard InChI is InChI=1S/C24H20N2O3/c1-25-21-19-10-13-26-14-20(19)29-22(21)17-4-2-15(3-5-17)16-6-8-18(9-7-16)24(11-12-24)23(27)28/h2-10,13-14,25H,11-12H2,1H3,(H,27,28). The molecule has 2 aromatic heterocycles. The largest absolute Gasteiger partial charge is 0.481 e. The average Bonchev–Trinajstić information content (AvgIpc) is 3.49. The Hall–Kier alpha value is -3.60. The molecule has 2 heterocycles. The van der Waals surface area contributed by atoms with Crippen LogP contribution in [0.2, 0.25) is 0 Å². The lowest BCUT2D eigenvalue weighted by Crippen LogP contribution is -2.19. The third-order valence-corrected chi connectivity index (χ3v) is 5.82. The molecule has 2 aromatic carbocycles. The van der Waals surface area contributed by atoms with E-state index >= 15 is 0 Å².